The van der Waals surface area contributed by atoms with Gasteiger partial charge in [0.15, 0.2) is 0 Å². The van der Waals surface area contributed by atoms with E-state index in [0.29, 0.717) is 25.7 Å². The van der Waals surface area contributed by atoms with Crippen LogP contribution >= 0.6 is 0 Å². The van der Waals surface area contributed by atoms with E-state index in [0.717, 1.165) is 39.2 Å². The third-order valence-corrected chi connectivity index (χ3v) is 12.6. The fraction of sp³-hybridized carbons (Fsp3) is 0.317. The van der Waals surface area contributed by atoms with E-state index in [1.54, 1.807) is 9.80 Å². The quantitative estimate of drug-likeness (QED) is 0.257. The summed E-state index contributed by atoms with van der Waals surface area (Å²) < 4.78 is 0. The van der Waals surface area contributed by atoms with Gasteiger partial charge in [-0.05, 0) is 59.7 Å². The van der Waals surface area contributed by atoms with Crippen LogP contribution in [-0.2, 0) is 42.8 Å². The number of para-hydroxylation sites is 1. The van der Waals surface area contributed by atoms with Crippen LogP contribution in [0.2, 0.25) is 0 Å². The molecule has 0 bridgehead atoms. The molecule has 0 aromatic heterocycles. The standard InChI is InChI=1S/C41H38N6O4/c1-23-11-10-18-28-33(23)41(22-32-35(49)43-30(20-25-14-6-3-7-15-25)37(51)47(32)39(41)45-28)40-21-31-34(48)42-29(19-24-12-4-2-5-13-24)36(50)46(31)38(40)44-27-17-9-8-16-26(27)40/h2-18,29-32,38-39,44-45H,19-22H2,1H3,(H,42,48)(H,43,49)/t29-,30-,31-,32-,38+,39+,40-,41-/m0/s1. The Bertz CT molecular complexity index is 2140. The van der Waals surface area contributed by atoms with Gasteiger partial charge in [0.05, 0.1) is 10.8 Å². The van der Waals surface area contributed by atoms with Crippen molar-refractivity contribution in [3.05, 3.63) is 131 Å². The molecule has 4 aromatic carbocycles. The van der Waals surface area contributed by atoms with Gasteiger partial charge in [-0.25, -0.2) is 0 Å². The van der Waals surface area contributed by atoms with E-state index in [1.807, 2.05) is 91.0 Å². The molecule has 6 aliphatic rings. The zero-order valence-corrected chi connectivity index (χ0v) is 28.1. The molecule has 0 radical (unpaired) electrons. The smallest absolute Gasteiger partial charge is 0.247 e. The Morgan fingerprint density at radius 2 is 1.06 bits per heavy atom. The molecule has 10 heteroatoms. The van der Waals surface area contributed by atoms with Crippen molar-refractivity contribution < 1.29 is 19.2 Å². The first-order valence-electron chi connectivity index (χ1n) is 17.9. The molecule has 4 fully saturated rings. The van der Waals surface area contributed by atoms with Gasteiger partial charge in [-0.3, -0.25) is 19.2 Å². The van der Waals surface area contributed by atoms with E-state index in [2.05, 4.69) is 40.3 Å². The second-order valence-corrected chi connectivity index (χ2v) is 15.0. The second kappa shape index (κ2) is 10.7. The van der Waals surface area contributed by atoms with Crippen molar-refractivity contribution >= 4 is 35.0 Å². The second-order valence-electron chi connectivity index (χ2n) is 15.0. The van der Waals surface area contributed by atoms with E-state index < -0.39 is 47.3 Å². The molecule has 8 atom stereocenters. The van der Waals surface area contributed by atoms with Crippen LogP contribution in [0, 0.1) is 6.92 Å². The van der Waals surface area contributed by atoms with Gasteiger partial charge in [-0.15, -0.1) is 0 Å². The van der Waals surface area contributed by atoms with Crippen molar-refractivity contribution in [3.8, 4) is 0 Å². The normalized spacial score (nSPS) is 32.5. The van der Waals surface area contributed by atoms with Crippen LogP contribution in [0.25, 0.3) is 0 Å². The van der Waals surface area contributed by atoms with Gasteiger partial charge in [-0.2, -0.15) is 0 Å². The average molecular weight is 679 g/mol. The molecule has 10 nitrogen and oxygen atoms in total. The lowest BCUT2D eigenvalue weighted by molar-refractivity contribution is -0.149. The SMILES string of the molecule is Cc1cccc2c1[C@@]1([C@]34C[C@H]5C(=O)N[C@@H](Cc6ccccc6)C(=O)N5[C@H]3Nc3ccccc34)C[C@H]3C(=O)N[C@@H](Cc4ccccc4)C(=O)N3[C@H]1N2. The maximum Gasteiger partial charge on any atom is 0.247 e. The molecule has 4 amide bonds. The Labute approximate surface area is 295 Å². The molecular weight excluding hydrogens is 640 g/mol. The number of aryl methyl sites for hydroxylation is 1. The molecule has 4 aromatic rings. The molecule has 51 heavy (non-hydrogen) atoms. The summed E-state index contributed by atoms with van der Waals surface area (Å²) in [6.07, 6.45) is 0.260. The van der Waals surface area contributed by atoms with Crippen LogP contribution < -0.4 is 21.3 Å². The van der Waals surface area contributed by atoms with Crippen molar-refractivity contribution in [3.63, 3.8) is 0 Å². The molecule has 0 aliphatic carbocycles. The lowest BCUT2D eigenvalue weighted by Gasteiger charge is -2.49. The van der Waals surface area contributed by atoms with E-state index in [4.69, 9.17) is 0 Å². The number of nitrogens with zero attached hydrogens (tertiary/aromatic N) is 2. The Kier molecular flexibility index (Phi) is 6.33. The number of nitrogens with one attached hydrogen (secondary N) is 4. The van der Waals surface area contributed by atoms with Crippen LogP contribution in [-0.4, -0.2) is 69.9 Å². The Morgan fingerprint density at radius 3 is 1.67 bits per heavy atom. The molecule has 6 heterocycles. The number of hydrogen-bond donors (Lipinski definition) is 4. The predicted molar refractivity (Wildman–Crippen MR) is 190 cm³/mol. The average Bonchev–Trinajstić information content (AvgIpc) is 3.85. The fourth-order valence-corrected chi connectivity index (χ4v) is 10.7. The van der Waals surface area contributed by atoms with Crippen molar-refractivity contribution in [2.45, 2.75) is 79.9 Å². The number of carbonyl (C=O) groups excluding carboxylic acids is 4. The van der Waals surface area contributed by atoms with Crippen LogP contribution in [0.15, 0.2) is 103 Å². The summed E-state index contributed by atoms with van der Waals surface area (Å²) in [5.74, 6) is -0.624. The molecule has 4 N–H and O–H groups in total. The first-order valence-corrected chi connectivity index (χ1v) is 17.9. The third-order valence-electron chi connectivity index (χ3n) is 12.6. The molecule has 4 saturated heterocycles. The van der Waals surface area contributed by atoms with Gasteiger partial charge in [0.2, 0.25) is 23.6 Å². The Morgan fingerprint density at radius 1 is 0.569 bits per heavy atom. The van der Waals surface area contributed by atoms with Crippen LogP contribution in [0.4, 0.5) is 11.4 Å². The van der Waals surface area contributed by atoms with Gasteiger partial charge in [0.25, 0.3) is 0 Å². The van der Waals surface area contributed by atoms with Crippen LogP contribution in [0.1, 0.15) is 40.7 Å². The number of rotatable bonds is 5. The fourth-order valence-electron chi connectivity index (χ4n) is 10.7. The zero-order chi connectivity index (χ0) is 34.6. The topological polar surface area (TPSA) is 123 Å². The molecule has 0 spiro atoms. The van der Waals surface area contributed by atoms with Crippen molar-refractivity contribution in [1.82, 2.24) is 20.4 Å². The first-order chi connectivity index (χ1) is 24.8. The number of hydrogen-bond acceptors (Lipinski definition) is 6. The number of fused-ring (bicyclic) bond motifs is 11. The van der Waals surface area contributed by atoms with Crippen molar-refractivity contribution in [1.29, 1.82) is 0 Å². The summed E-state index contributed by atoms with van der Waals surface area (Å²) in [5.41, 5.74) is 5.09. The number of piperazine rings is 2. The number of carbonyl (C=O) groups is 4. The number of benzene rings is 4. The van der Waals surface area contributed by atoms with E-state index in [9.17, 15) is 19.2 Å². The molecule has 10 rings (SSSR count). The van der Waals surface area contributed by atoms with E-state index >= 15 is 0 Å². The first kappa shape index (κ1) is 30.2. The molecule has 256 valence electrons. The lowest BCUT2D eigenvalue weighted by Crippen LogP contribution is -2.67. The molecule has 0 unspecified atom stereocenters. The summed E-state index contributed by atoms with van der Waals surface area (Å²) in [6, 6.07) is 30.9. The van der Waals surface area contributed by atoms with Gasteiger partial charge in [-0.1, -0.05) is 91.0 Å². The summed E-state index contributed by atoms with van der Waals surface area (Å²) in [5, 5.41) is 13.7. The summed E-state index contributed by atoms with van der Waals surface area (Å²) in [4.78, 5) is 61.5. The largest absolute Gasteiger partial charge is 0.364 e. The molecule has 6 aliphatic heterocycles. The maximum atomic E-state index is 14.7. The number of amides is 4. The molecule has 0 saturated carbocycles. The minimum atomic E-state index is -0.871. The number of anilines is 2. The molecular formula is C41H38N6O4. The monoisotopic (exact) mass is 678 g/mol. The van der Waals surface area contributed by atoms with Gasteiger partial charge in [0.1, 0.15) is 36.5 Å². The van der Waals surface area contributed by atoms with Crippen molar-refractivity contribution in [2.24, 2.45) is 0 Å². The highest BCUT2D eigenvalue weighted by Gasteiger charge is 2.78. The minimum Gasteiger partial charge on any atom is -0.364 e. The minimum absolute atomic E-state index is 0.132. The van der Waals surface area contributed by atoms with E-state index in [-0.39, 0.29) is 23.6 Å². The van der Waals surface area contributed by atoms with Gasteiger partial charge < -0.3 is 31.1 Å². The van der Waals surface area contributed by atoms with Crippen LogP contribution in [0.3, 0.4) is 0 Å². The zero-order valence-electron chi connectivity index (χ0n) is 28.1. The van der Waals surface area contributed by atoms with Gasteiger partial charge in [0, 0.05) is 24.2 Å². The maximum absolute atomic E-state index is 14.7. The highest BCUT2D eigenvalue weighted by Crippen LogP contribution is 2.69. The summed E-state index contributed by atoms with van der Waals surface area (Å²) in [6.45, 7) is 2.08. The van der Waals surface area contributed by atoms with E-state index in [1.165, 1.54) is 0 Å². The van der Waals surface area contributed by atoms with Crippen molar-refractivity contribution in [2.75, 3.05) is 10.6 Å². The summed E-state index contributed by atoms with van der Waals surface area (Å²) in [7, 11) is 0. The Hall–Kier alpha value is -5.64. The Balaban J connectivity index is 1.14. The van der Waals surface area contributed by atoms with Crippen LogP contribution in [0.5, 0.6) is 0 Å². The predicted octanol–water partition coefficient (Wildman–Crippen LogP) is 3.36. The third kappa shape index (κ3) is 3.93. The highest BCUT2D eigenvalue weighted by atomic mass is 16.2. The summed E-state index contributed by atoms with van der Waals surface area (Å²) >= 11 is 0. The lowest BCUT2D eigenvalue weighted by atomic mass is 9.53. The highest BCUT2D eigenvalue weighted by molar-refractivity contribution is 6.01. The van der Waals surface area contributed by atoms with Gasteiger partial charge >= 0.3 is 0 Å².